The first-order valence-electron chi connectivity index (χ1n) is 6.35. The molecule has 1 aromatic rings. The van der Waals surface area contributed by atoms with E-state index in [4.69, 9.17) is 5.84 Å². The quantitative estimate of drug-likeness (QED) is 0.490. The first kappa shape index (κ1) is 14.7. The lowest BCUT2D eigenvalue weighted by Gasteiger charge is -2.22. The Labute approximate surface area is 110 Å². The Kier molecular flexibility index (Phi) is 4.52. The van der Waals surface area contributed by atoms with Crippen LogP contribution in [-0.4, -0.2) is 5.91 Å². The highest BCUT2D eigenvalue weighted by molar-refractivity contribution is 5.75. The molecular formula is C15H24N2O. The molecule has 1 rings (SSSR count). The molecule has 0 bridgehead atoms. The summed E-state index contributed by atoms with van der Waals surface area (Å²) in [5.74, 6) is 4.98. The van der Waals surface area contributed by atoms with Crippen LogP contribution in [0.3, 0.4) is 0 Å². The van der Waals surface area contributed by atoms with E-state index in [1.807, 2.05) is 0 Å². The zero-order chi connectivity index (χ0) is 13.9. The Morgan fingerprint density at radius 2 is 1.72 bits per heavy atom. The number of aryl methyl sites for hydroxylation is 2. The highest BCUT2D eigenvalue weighted by atomic mass is 16.2. The average molecular weight is 248 g/mol. The molecule has 0 aromatic heterocycles. The largest absolute Gasteiger partial charge is 0.294 e. The summed E-state index contributed by atoms with van der Waals surface area (Å²) < 4.78 is 0. The zero-order valence-electron chi connectivity index (χ0n) is 12.1. The van der Waals surface area contributed by atoms with E-state index in [1.165, 1.54) is 22.3 Å². The van der Waals surface area contributed by atoms with Crippen molar-refractivity contribution >= 4 is 5.91 Å². The summed E-state index contributed by atoms with van der Waals surface area (Å²) in [5.41, 5.74) is 7.43. The summed E-state index contributed by atoms with van der Waals surface area (Å²) in [6, 6.07) is 4.45. The SMILES string of the molecule is Cc1cc(C(C)(C)C)cc(C)c1CCC(=O)NN. The van der Waals surface area contributed by atoms with Crippen molar-refractivity contribution in [3.05, 3.63) is 34.4 Å². The highest BCUT2D eigenvalue weighted by Gasteiger charge is 2.16. The Hall–Kier alpha value is -1.35. The minimum atomic E-state index is -0.117. The van der Waals surface area contributed by atoms with Crippen LogP contribution in [0.15, 0.2) is 12.1 Å². The van der Waals surface area contributed by atoms with E-state index in [2.05, 4.69) is 52.2 Å². The van der Waals surface area contributed by atoms with Crippen molar-refractivity contribution in [1.29, 1.82) is 0 Å². The van der Waals surface area contributed by atoms with Crippen molar-refractivity contribution < 1.29 is 4.79 Å². The number of amides is 1. The van der Waals surface area contributed by atoms with Gasteiger partial charge in [0, 0.05) is 6.42 Å². The Bertz CT molecular complexity index is 421. The third-order valence-electron chi connectivity index (χ3n) is 3.33. The predicted molar refractivity (Wildman–Crippen MR) is 75.3 cm³/mol. The summed E-state index contributed by atoms with van der Waals surface area (Å²) in [4.78, 5) is 11.2. The average Bonchev–Trinajstić information content (AvgIpc) is 2.26. The third kappa shape index (κ3) is 3.57. The Morgan fingerprint density at radius 1 is 1.22 bits per heavy atom. The molecule has 0 aliphatic heterocycles. The number of carbonyl (C=O) groups excluding carboxylic acids is 1. The highest BCUT2D eigenvalue weighted by Crippen LogP contribution is 2.27. The second-order valence-electron chi connectivity index (χ2n) is 5.91. The molecule has 100 valence electrons. The summed E-state index contributed by atoms with van der Waals surface area (Å²) in [7, 11) is 0. The monoisotopic (exact) mass is 248 g/mol. The summed E-state index contributed by atoms with van der Waals surface area (Å²) in [5, 5.41) is 0. The maximum absolute atomic E-state index is 11.2. The molecule has 0 aliphatic rings. The maximum atomic E-state index is 11.2. The summed E-state index contributed by atoms with van der Waals surface area (Å²) in [6.07, 6.45) is 1.18. The number of benzene rings is 1. The van der Waals surface area contributed by atoms with Crippen LogP contribution >= 0.6 is 0 Å². The van der Waals surface area contributed by atoms with Gasteiger partial charge in [-0.2, -0.15) is 0 Å². The van der Waals surface area contributed by atoms with Gasteiger partial charge >= 0.3 is 0 Å². The molecule has 1 amide bonds. The third-order valence-corrected chi connectivity index (χ3v) is 3.33. The normalized spacial score (nSPS) is 11.4. The fourth-order valence-electron chi connectivity index (χ4n) is 2.13. The smallest absolute Gasteiger partial charge is 0.234 e. The van der Waals surface area contributed by atoms with Crippen LogP contribution in [-0.2, 0) is 16.6 Å². The molecule has 0 fully saturated rings. The van der Waals surface area contributed by atoms with Crippen molar-refractivity contribution in [2.24, 2.45) is 5.84 Å². The molecule has 3 heteroatoms. The summed E-state index contributed by atoms with van der Waals surface area (Å²) >= 11 is 0. The number of nitrogens with two attached hydrogens (primary N) is 1. The predicted octanol–water partition coefficient (Wildman–Crippen LogP) is 2.52. The van der Waals surface area contributed by atoms with Gasteiger partial charge in [0.05, 0.1) is 0 Å². The van der Waals surface area contributed by atoms with Crippen molar-refractivity contribution in [2.75, 3.05) is 0 Å². The first-order valence-corrected chi connectivity index (χ1v) is 6.35. The van der Waals surface area contributed by atoms with E-state index >= 15 is 0 Å². The van der Waals surface area contributed by atoms with Gasteiger partial charge in [-0.05, 0) is 47.9 Å². The van der Waals surface area contributed by atoms with E-state index in [1.54, 1.807) is 0 Å². The van der Waals surface area contributed by atoms with Gasteiger partial charge < -0.3 is 0 Å². The van der Waals surface area contributed by atoms with Gasteiger partial charge in [-0.3, -0.25) is 10.2 Å². The van der Waals surface area contributed by atoms with Crippen LogP contribution in [0.25, 0.3) is 0 Å². The zero-order valence-corrected chi connectivity index (χ0v) is 12.1. The number of rotatable bonds is 3. The molecule has 0 saturated carbocycles. The van der Waals surface area contributed by atoms with E-state index in [9.17, 15) is 4.79 Å². The molecule has 3 nitrogen and oxygen atoms in total. The second kappa shape index (κ2) is 5.53. The van der Waals surface area contributed by atoms with Crippen LogP contribution in [0.1, 0.15) is 49.4 Å². The van der Waals surface area contributed by atoms with Gasteiger partial charge in [-0.25, -0.2) is 5.84 Å². The molecule has 0 saturated heterocycles. The van der Waals surface area contributed by atoms with Crippen LogP contribution in [0.2, 0.25) is 0 Å². The Balaban J connectivity index is 2.98. The molecule has 0 radical (unpaired) electrons. The molecule has 0 heterocycles. The van der Waals surface area contributed by atoms with Gasteiger partial charge in [0.1, 0.15) is 0 Å². The fraction of sp³-hybridized carbons (Fsp3) is 0.533. The van der Waals surface area contributed by atoms with Crippen LogP contribution in [0.4, 0.5) is 0 Å². The maximum Gasteiger partial charge on any atom is 0.234 e. The van der Waals surface area contributed by atoms with E-state index in [-0.39, 0.29) is 11.3 Å². The van der Waals surface area contributed by atoms with E-state index in [0.717, 1.165) is 6.42 Å². The van der Waals surface area contributed by atoms with Crippen LogP contribution < -0.4 is 11.3 Å². The lowest BCUT2D eigenvalue weighted by atomic mass is 9.83. The van der Waals surface area contributed by atoms with Crippen molar-refractivity contribution in [3.63, 3.8) is 0 Å². The molecule has 0 unspecified atom stereocenters. The standard InChI is InChI=1S/C15H24N2O/c1-10-8-12(15(3,4)5)9-11(2)13(10)6-7-14(18)17-16/h8-9H,6-7,16H2,1-5H3,(H,17,18). The topological polar surface area (TPSA) is 55.1 Å². The molecule has 0 aliphatic carbocycles. The lowest BCUT2D eigenvalue weighted by molar-refractivity contribution is -0.121. The fourth-order valence-corrected chi connectivity index (χ4v) is 2.13. The van der Waals surface area contributed by atoms with Crippen LogP contribution in [0.5, 0.6) is 0 Å². The number of nitrogens with one attached hydrogen (secondary N) is 1. The number of hydrazine groups is 1. The van der Waals surface area contributed by atoms with Gasteiger partial charge in [0.25, 0.3) is 0 Å². The minimum Gasteiger partial charge on any atom is -0.294 e. The van der Waals surface area contributed by atoms with Gasteiger partial charge in [-0.1, -0.05) is 32.9 Å². The Morgan fingerprint density at radius 3 is 2.11 bits per heavy atom. The van der Waals surface area contributed by atoms with Gasteiger partial charge in [0.15, 0.2) is 0 Å². The van der Waals surface area contributed by atoms with E-state index in [0.29, 0.717) is 6.42 Å². The summed E-state index contributed by atoms with van der Waals surface area (Å²) in [6.45, 7) is 10.9. The molecule has 0 atom stereocenters. The van der Waals surface area contributed by atoms with Crippen molar-refractivity contribution in [3.8, 4) is 0 Å². The van der Waals surface area contributed by atoms with Gasteiger partial charge in [-0.15, -0.1) is 0 Å². The number of hydrogen-bond donors (Lipinski definition) is 2. The van der Waals surface area contributed by atoms with Crippen molar-refractivity contribution in [1.82, 2.24) is 5.43 Å². The molecule has 18 heavy (non-hydrogen) atoms. The second-order valence-corrected chi connectivity index (χ2v) is 5.91. The van der Waals surface area contributed by atoms with Gasteiger partial charge in [0.2, 0.25) is 5.91 Å². The molecule has 1 aromatic carbocycles. The number of hydrogen-bond acceptors (Lipinski definition) is 2. The minimum absolute atomic E-state index is 0.117. The molecular weight excluding hydrogens is 224 g/mol. The van der Waals surface area contributed by atoms with Crippen LogP contribution in [0, 0.1) is 13.8 Å². The molecule has 3 N–H and O–H groups in total. The lowest BCUT2D eigenvalue weighted by Crippen LogP contribution is -2.30. The first-order chi connectivity index (χ1) is 8.25. The molecule has 0 spiro atoms. The van der Waals surface area contributed by atoms with Crippen molar-refractivity contribution in [2.45, 2.75) is 52.9 Å². The van der Waals surface area contributed by atoms with E-state index < -0.39 is 0 Å². The number of carbonyl (C=O) groups is 1.